The molecule has 3 unspecified atom stereocenters. The van der Waals surface area contributed by atoms with Crippen LogP contribution in [0.4, 0.5) is 13.2 Å². The van der Waals surface area contributed by atoms with Gasteiger partial charge in [-0.05, 0) is 90.9 Å². The summed E-state index contributed by atoms with van der Waals surface area (Å²) in [7, 11) is 0. The maximum absolute atomic E-state index is 14.5. The smallest absolute Gasteiger partial charge is 0.347 e. The third-order valence-electron chi connectivity index (χ3n) is 13.0. The Balaban J connectivity index is 1.54. The summed E-state index contributed by atoms with van der Waals surface area (Å²) in [5, 5.41) is 11.8. The van der Waals surface area contributed by atoms with Gasteiger partial charge in [-0.2, -0.15) is 18.4 Å². The Labute approximate surface area is 247 Å². The second kappa shape index (κ2) is 9.79. The maximum atomic E-state index is 14.5. The number of allylic oxidation sites excluding steroid dienone is 4. The average Bonchev–Trinajstić information content (AvgIpc) is 2.89. The van der Waals surface area contributed by atoms with Crippen molar-refractivity contribution in [2.75, 3.05) is 6.54 Å². The van der Waals surface area contributed by atoms with E-state index in [4.69, 9.17) is 0 Å². The number of nitriles is 1. The topological polar surface area (TPSA) is 87.0 Å². The van der Waals surface area contributed by atoms with Crippen molar-refractivity contribution < 1.29 is 27.6 Å². The number of ketones is 2. The van der Waals surface area contributed by atoms with E-state index in [9.17, 15) is 32.8 Å². The fourth-order valence-corrected chi connectivity index (χ4v) is 10.4. The summed E-state index contributed by atoms with van der Waals surface area (Å²) in [4.78, 5) is 39.9. The van der Waals surface area contributed by atoms with E-state index < -0.39 is 24.0 Å². The van der Waals surface area contributed by atoms with Crippen LogP contribution >= 0.6 is 0 Å². The van der Waals surface area contributed by atoms with Gasteiger partial charge in [0.1, 0.15) is 12.6 Å². The number of carbonyl (C=O) groups excluding carboxylic acids is 3. The first-order valence-electron chi connectivity index (χ1n) is 15.6. The van der Waals surface area contributed by atoms with Gasteiger partial charge in [-0.1, -0.05) is 53.2 Å². The molecule has 0 bridgehead atoms. The third kappa shape index (κ3) is 4.59. The van der Waals surface area contributed by atoms with E-state index >= 15 is 0 Å². The molecule has 5 aliphatic rings. The summed E-state index contributed by atoms with van der Waals surface area (Å²) in [6, 6.07) is 2.12. The second-order valence-electron chi connectivity index (χ2n) is 15.7. The van der Waals surface area contributed by atoms with E-state index in [2.05, 4.69) is 40.7 Å². The van der Waals surface area contributed by atoms with Gasteiger partial charge in [-0.15, -0.1) is 0 Å². The number of rotatable bonds is 4. The Morgan fingerprint density at radius 1 is 1.05 bits per heavy atom. The van der Waals surface area contributed by atoms with E-state index in [-0.39, 0.29) is 68.9 Å². The van der Waals surface area contributed by atoms with Crippen LogP contribution < -0.4 is 5.32 Å². The Bertz CT molecular complexity index is 1310. The van der Waals surface area contributed by atoms with Crippen molar-refractivity contribution in [3.8, 4) is 6.07 Å². The molecule has 5 aliphatic carbocycles. The normalized spacial score (nSPS) is 42.6. The number of nitrogens with zero attached hydrogens (tertiary/aromatic N) is 1. The molecule has 8 atom stereocenters. The quantitative estimate of drug-likeness (QED) is 0.375. The largest absolute Gasteiger partial charge is 0.405 e. The van der Waals surface area contributed by atoms with E-state index in [0.717, 1.165) is 50.5 Å². The lowest BCUT2D eigenvalue weighted by Gasteiger charge is -2.69. The van der Waals surface area contributed by atoms with Crippen LogP contribution in [0.1, 0.15) is 99.3 Å². The number of carbonyl (C=O) groups is 3. The van der Waals surface area contributed by atoms with Crippen LogP contribution in [-0.2, 0) is 14.4 Å². The first-order valence-corrected chi connectivity index (χ1v) is 15.6. The highest BCUT2D eigenvalue weighted by Crippen LogP contribution is 2.74. The molecule has 0 aromatic heterocycles. The molecule has 8 heteroatoms. The summed E-state index contributed by atoms with van der Waals surface area (Å²) < 4.78 is 38.2. The van der Waals surface area contributed by atoms with E-state index in [1.165, 1.54) is 0 Å². The summed E-state index contributed by atoms with van der Waals surface area (Å²) >= 11 is 0. The van der Waals surface area contributed by atoms with Crippen LogP contribution in [0.5, 0.6) is 0 Å². The number of fused-ring (bicyclic) bond motifs is 7. The van der Waals surface area contributed by atoms with Crippen molar-refractivity contribution in [3.05, 3.63) is 23.3 Å². The first-order chi connectivity index (χ1) is 19.3. The van der Waals surface area contributed by atoms with Gasteiger partial charge in [-0.25, -0.2) is 0 Å². The first kappa shape index (κ1) is 31.0. The van der Waals surface area contributed by atoms with Crippen LogP contribution in [0.15, 0.2) is 23.3 Å². The van der Waals surface area contributed by atoms with Crippen LogP contribution in [0.25, 0.3) is 0 Å². The van der Waals surface area contributed by atoms with Gasteiger partial charge in [0, 0.05) is 23.7 Å². The molecule has 0 aromatic carbocycles. The van der Waals surface area contributed by atoms with Gasteiger partial charge in [0.2, 0.25) is 5.91 Å². The number of alkyl halides is 3. The van der Waals surface area contributed by atoms with Crippen molar-refractivity contribution >= 4 is 17.5 Å². The van der Waals surface area contributed by atoms with Crippen molar-refractivity contribution in [1.82, 2.24) is 5.32 Å². The standard InChI is InChI=1S/C34H45F3N2O3/c1-20-22-7-9-31(5)25(30(22,4)16-21(18-38)28(20)42)15-24(40)27-23-17-29(2,3)11-13-33(23,14-12-32(27,31)6)10-8-26(41)39-19-34(35,36)37/h15-16,20,22-23,27H,7-14,17,19H2,1-6H3,(H,39,41)/t20-,22?,23?,27?,30-,31+,32+,33+/m0/s1. The Hall–Kier alpha value is -2.43. The predicted molar refractivity (Wildman–Crippen MR) is 153 cm³/mol. The molecule has 0 radical (unpaired) electrons. The van der Waals surface area contributed by atoms with Crippen LogP contribution in [-0.4, -0.2) is 30.2 Å². The molecular formula is C34H45F3N2O3. The van der Waals surface area contributed by atoms with Crippen molar-refractivity contribution in [2.24, 2.45) is 50.7 Å². The van der Waals surface area contributed by atoms with Crippen LogP contribution in [0.3, 0.4) is 0 Å². The molecule has 230 valence electrons. The van der Waals surface area contributed by atoms with Gasteiger partial charge >= 0.3 is 6.18 Å². The molecule has 42 heavy (non-hydrogen) atoms. The fourth-order valence-electron chi connectivity index (χ4n) is 10.4. The lowest BCUT2D eigenvalue weighted by molar-refractivity contribution is -0.171. The highest BCUT2D eigenvalue weighted by molar-refractivity contribution is 6.02. The van der Waals surface area contributed by atoms with Crippen molar-refractivity contribution in [3.63, 3.8) is 0 Å². The zero-order chi connectivity index (χ0) is 31.1. The molecule has 0 aromatic rings. The maximum Gasteiger partial charge on any atom is 0.405 e. The molecule has 5 nitrogen and oxygen atoms in total. The predicted octanol–water partition coefficient (Wildman–Crippen LogP) is 7.27. The minimum absolute atomic E-state index is 0.0172. The number of nitrogens with one attached hydrogen (secondary N) is 1. The number of amides is 1. The Morgan fingerprint density at radius 3 is 2.36 bits per heavy atom. The number of hydrogen-bond acceptors (Lipinski definition) is 4. The molecule has 0 spiro atoms. The molecule has 1 amide bonds. The molecule has 1 N–H and O–H groups in total. The molecule has 0 aliphatic heterocycles. The SMILES string of the molecule is C[C@@H]1C(=O)C(C#N)=C[C@]2(C)C3=CC(=O)C4C5CC(C)(C)CC[C@]5(CCC(=O)NCC(F)(F)F)CC[C@@]4(C)[C@]3(C)CCC12. The number of hydrogen-bond donors (Lipinski definition) is 1. The summed E-state index contributed by atoms with van der Waals surface area (Å²) in [6.07, 6.45) is 5.74. The van der Waals surface area contributed by atoms with Gasteiger partial charge < -0.3 is 5.32 Å². The molecule has 0 heterocycles. The average molecular weight is 587 g/mol. The van der Waals surface area contributed by atoms with Crippen molar-refractivity contribution in [2.45, 2.75) is 106 Å². The van der Waals surface area contributed by atoms with Gasteiger partial charge in [-0.3, -0.25) is 14.4 Å². The number of halogens is 3. The minimum atomic E-state index is -4.45. The zero-order valence-electron chi connectivity index (χ0n) is 25.8. The van der Waals surface area contributed by atoms with Crippen LogP contribution in [0.2, 0.25) is 0 Å². The zero-order valence-corrected chi connectivity index (χ0v) is 25.8. The van der Waals surface area contributed by atoms with Crippen molar-refractivity contribution in [1.29, 1.82) is 5.26 Å². The summed E-state index contributed by atoms with van der Waals surface area (Å²) in [5.41, 5.74) is -0.245. The Morgan fingerprint density at radius 2 is 1.71 bits per heavy atom. The lowest BCUT2D eigenvalue weighted by Crippen LogP contribution is -2.64. The Kier molecular flexibility index (Phi) is 7.23. The highest BCUT2D eigenvalue weighted by atomic mass is 19.4. The molecule has 0 saturated heterocycles. The van der Waals surface area contributed by atoms with Gasteiger partial charge in [0.15, 0.2) is 11.6 Å². The summed E-state index contributed by atoms with van der Waals surface area (Å²) in [5.74, 6) is -1.09. The lowest BCUT2D eigenvalue weighted by atomic mass is 9.34. The second-order valence-corrected chi connectivity index (χ2v) is 15.7. The van der Waals surface area contributed by atoms with Gasteiger partial charge in [0.05, 0.1) is 5.57 Å². The third-order valence-corrected chi connectivity index (χ3v) is 13.0. The van der Waals surface area contributed by atoms with E-state index in [0.29, 0.717) is 6.42 Å². The van der Waals surface area contributed by atoms with E-state index in [1.807, 2.05) is 24.4 Å². The number of Topliss-reactive ketones (excluding diaryl/α,β-unsaturated/α-hetero) is 1. The molecular weight excluding hydrogens is 541 g/mol. The summed E-state index contributed by atoms with van der Waals surface area (Å²) in [6.45, 7) is 11.7. The fraction of sp³-hybridized carbons (Fsp3) is 0.765. The van der Waals surface area contributed by atoms with Crippen LogP contribution in [0, 0.1) is 62.1 Å². The van der Waals surface area contributed by atoms with E-state index in [1.54, 1.807) is 0 Å². The van der Waals surface area contributed by atoms with Gasteiger partial charge in [0.25, 0.3) is 0 Å². The minimum Gasteiger partial charge on any atom is -0.347 e. The molecule has 3 saturated carbocycles. The molecule has 3 fully saturated rings. The highest BCUT2D eigenvalue weighted by Gasteiger charge is 2.68. The molecule has 5 rings (SSSR count). The monoisotopic (exact) mass is 586 g/mol.